The van der Waals surface area contributed by atoms with Crippen LogP contribution >= 0.6 is 0 Å². The molecule has 0 unspecified atom stereocenters. The molecule has 2 amide bonds. The predicted octanol–water partition coefficient (Wildman–Crippen LogP) is 2.56. The minimum Gasteiger partial charge on any atom is -0.338 e. The number of aromatic nitrogens is 3. The van der Waals surface area contributed by atoms with Crippen LogP contribution in [-0.2, 0) is 22.6 Å². The van der Waals surface area contributed by atoms with Gasteiger partial charge in [0, 0.05) is 38.4 Å². The highest BCUT2D eigenvalue weighted by atomic mass is 16.2. The highest BCUT2D eigenvalue weighted by Gasteiger charge is 2.34. The van der Waals surface area contributed by atoms with Crippen LogP contribution in [0.3, 0.4) is 0 Å². The fourth-order valence-corrected chi connectivity index (χ4v) is 5.54. The average Bonchev–Trinajstić information content (AvgIpc) is 3.23. The van der Waals surface area contributed by atoms with Gasteiger partial charge < -0.3 is 9.80 Å². The van der Waals surface area contributed by atoms with Crippen molar-refractivity contribution >= 4 is 17.5 Å². The van der Waals surface area contributed by atoms with E-state index in [1.165, 1.54) is 17.9 Å². The SMILES string of the molecule is CC(=O)N1CCc2nc3cc([C@@H]4CCCCN4C(=O)C4CCCCC4)[nH]n3c(=O)c2C1. The first-order valence-corrected chi connectivity index (χ1v) is 11.7. The van der Waals surface area contributed by atoms with Crippen LogP contribution in [0.5, 0.6) is 0 Å². The monoisotopic (exact) mass is 425 g/mol. The molecule has 2 fully saturated rings. The number of amides is 2. The predicted molar refractivity (Wildman–Crippen MR) is 115 cm³/mol. The number of likely N-dealkylation sites (tertiary alicyclic amines) is 1. The zero-order chi connectivity index (χ0) is 21.5. The van der Waals surface area contributed by atoms with Crippen LogP contribution in [-0.4, -0.2) is 49.3 Å². The number of fused-ring (bicyclic) bond motifs is 2. The fourth-order valence-electron chi connectivity index (χ4n) is 5.54. The van der Waals surface area contributed by atoms with Gasteiger partial charge in [-0.2, -0.15) is 0 Å². The molecule has 1 atom stereocenters. The second-order valence-corrected chi connectivity index (χ2v) is 9.32. The second-order valence-electron chi connectivity index (χ2n) is 9.32. The molecule has 166 valence electrons. The van der Waals surface area contributed by atoms with Crippen LogP contribution in [0.15, 0.2) is 10.9 Å². The Hall–Kier alpha value is -2.64. The molecule has 1 saturated heterocycles. The number of H-pyrrole nitrogens is 1. The van der Waals surface area contributed by atoms with E-state index in [1.807, 2.05) is 11.0 Å². The average molecular weight is 426 g/mol. The van der Waals surface area contributed by atoms with Crippen LogP contribution in [0.4, 0.5) is 0 Å². The van der Waals surface area contributed by atoms with E-state index in [4.69, 9.17) is 4.98 Å². The lowest BCUT2D eigenvalue weighted by Crippen LogP contribution is -2.42. The van der Waals surface area contributed by atoms with Gasteiger partial charge in [-0.3, -0.25) is 19.5 Å². The summed E-state index contributed by atoms with van der Waals surface area (Å²) in [6.07, 6.45) is 9.10. The Kier molecular flexibility index (Phi) is 5.32. The molecule has 1 aliphatic carbocycles. The van der Waals surface area contributed by atoms with Gasteiger partial charge in [0.2, 0.25) is 11.8 Å². The van der Waals surface area contributed by atoms with Gasteiger partial charge in [-0.1, -0.05) is 19.3 Å². The first-order valence-electron chi connectivity index (χ1n) is 11.7. The molecule has 0 aromatic carbocycles. The van der Waals surface area contributed by atoms with Crippen molar-refractivity contribution in [1.82, 2.24) is 24.4 Å². The zero-order valence-electron chi connectivity index (χ0n) is 18.2. The van der Waals surface area contributed by atoms with Gasteiger partial charge in [0.15, 0.2) is 5.65 Å². The topological polar surface area (TPSA) is 90.8 Å². The molecule has 0 bridgehead atoms. The maximum absolute atomic E-state index is 13.3. The summed E-state index contributed by atoms with van der Waals surface area (Å²) in [5.41, 5.74) is 2.72. The van der Waals surface area contributed by atoms with E-state index >= 15 is 0 Å². The van der Waals surface area contributed by atoms with E-state index in [0.717, 1.165) is 62.9 Å². The van der Waals surface area contributed by atoms with E-state index in [0.29, 0.717) is 30.7 Å². The summed E-state index contributed by atoms with van der Waals surface area (Å²) >= 11 is 0. The number of piperidine rings is 1. The zero-order valence-corrected chi connectivity index (χ0v) is 18.2. The van der Waals surface area contributed by atoms with Gasteiger partial charge in [0.05, 0.1) is 29.5 Å². The lowest BCUT2D eigenvalue weighted by atomic mass is 9.87. The molecule has 31 heavy (non-hydrogen) atoms. The maximum Gasteiger partial charge on any atom is 0.277 e. The van der Waals surface area contributed by atoms with E-state index in [9.17, 15) is 14.4 Å². The van der Waals surface area contributed by atoms with Crippen molar-refractivity contribution in [2.45, 2.75) is 77.3 Å². The van der Waals surface area contributed by atoms with Gasteiger partial charge in [-0.05, 0) is 32.1 Å². The number of hydrogen-bond acceptors (Lipinski definition) is 4. The van der Waals surface area contributed by atoms with E-state index in [1.54, 1.807) is 4.90 Å². The number of carbonyl (C=O) groups is 2. The summed E-state index contributed by atoms with van der Waals surface area (Å²) in [6, 6.07) is 1.91. The molecule has 1 N–H and O–H groups in total. The molecule has 0 radical (unpaired) electrons. The highest BCUT2D eigenvalue weighted by molar-refractivity contribution is 5.79. The Labute approximate surface area is 181 Å². The molecule has 1 saturated carbocycles. The maximum atomic E-state index is 13.3. The first-order chi connectivity index (χ1) is 15.0. The Balaban J connectivity index is 1.48. The largest absolute Gasteiger partial charge is 0.338 e. The molecule has 2 aliphatic heterocycles. The lowest BCUT2D eigenvalue weighted by molar-refractivity contribution is -0.140. The van der Waals surface area contributed by atoms with Gasteiger partial charge in [-0.15, -0.1) is 0 Å². The Morgan fingerprint density at radius 2 is 1.84 bits per heavy atom. The van der Waals surface area contributed by atoms with E-state index in [-0.39, 0.29) is 29.3 Å². The quantitative estimate of drug-likeness (QED) is 0.801. The lowest BCUT2D eigenvalue weighted by Gasteiger charge is -2.38. The van der Waals surface area contributed by atoms with Gasteiger partial charge >= 0.3 is 0 Å². The minimum atomic E-state index is -0.141. The van der Waals surface area contributed by atoms with Crippen molar-refractivity contribution in [2.75, 3.05) is 13.1 Å². The minimum absolute atomic E-state index is 0.0265. The van der Waals surface area contributed by atoms with Gasteiger partial charge in [0.25, 0.3) is 5.56 Å². The molecule has 2 aromatic heterocycles. The van der Waals surface area contributed by atoms with Crippen LogP contribution in [0, 0.1) is 5.92 Å². The van der Waals surface area contributed by atoms with Crippen molar-refractivity contribution in [2.24, 2.45) is 5.92 Å². The summed E-state index contributed by atoms with van der Waals surface area (Å²) in [6.45, 7) is 3.21. The number of aromatic amines is 1. The number of nitrogens with zero attached hydrogens (tertiary/aromatic N) is 4. The number of rotatable bonds is 2. The molecule has 8 heteroatoms. The number of carbonyl (C=O) groups excluding carboxylic acids is 2. The molecule has 4 heterocycles. The molecule has 0 spiro atoms. The molecule has 2 aromatic rings. The molecule has 3 aliphatic rings. The van der Waals surface area contributed by atoms with Crippen LogP contribution < -0.4 is 5.56 Å². The molecular formula is C23H31N5O3. The normalized spacial score (nSPS) is 22.5. The number of nitrogens with one attached hydrogen (secondary N) is 1. The summed E-state index contributed by atoms with van der Waals surface area (Å²) in [4.78, 5) is 46.7. The molecular weight excluding hydrogens is 394 g/mol. The third-order valence-electron chi connectivity index (χ3n) is 7.33. The van der Waals surface area contributed by atoms with Gasteiger partial charge in [0.1, 0.15) is 0 Å². The van der Waals surface area contributed by atoms with Crippen LogP contribution in [0.1, 0.15) is 81.3 Å². The third kappa shape index (κ3) is 3.66. The third-order valence-corrected chi connectivity index (χ3v) is 7.33. The Bertz CT molecular complexity index is 1070. The smallest absolute Gasteiger partial charge is 0.277 e. The summed E-state index contributed by atoms with van der Waals surface area (Å²) in [5.74, 6) is 0.394. The van der Waals surface area contributed by atoms with Crippen molar-refractivity contribution in [3.63, 3.8) is 0 Å². The summed E-state index contributed by atoms with van der Waals surface area (Å²) in [7, 11) is 0. The summed E-state index contributed by atoms with van der Waals surface area (Å²) < 4.78 is 1.50. The first kappa shape index (κ1) is 20.3. The van der Waals surface area contributed by atoms with Crippen molar-refractivity contribution in [1.29, 1.82) is 0 Å². The fraction of sp³-hybridized carbons (Fsp3) is 0.652. The van der Waals surface area contributed by atoms with Crippen molar-refractivity contribution < 1.29 is 9.59 Å². The standard InChI is InChI=1S/C23H31N5O3/c1-15(29)26-12-10-18-17(14-26)23(31)28-21(24-18)13-19(25-28)20-9-5-6-11-27(20)22(30)16-7-3-2-4-8-16/h13,16,20,25H,2-12,14H2,1H3/t20-/m0/s1. The highest BCUT2D eigenvalue weighted by Crippen LogP contribution is 2.34. The van der Waals surface area contributed by atoms with Gasteiger partial charge in [-0.25, -0.2) is 9.50 Å². The van der Waals surface area contributed by atoms with Crippen LogP contribution in [0.25, 0.3) is 5.65 Å². The van der Waals surface area contributed by atoms with Crippen molar-refractivity contribution in [3.8, 4) is 0 Å². The Morgan fingerprint density at radius 1 is 1.06 bits per heavy atom. The molecule has 8 nitrogen and oxygen atoms in total. The summed E-state index contributed by atoms with van der Waals surface area (Å²) in [5, 5.41) is 3.26. The van der Waals surface area contributed by atoms with E-state index < -0.39 is 0 Å². The molecule has 5 rings (SSSR count). The van der Waals surface area contributed by atoms with E-state index in [2.05, 4.69) is 5.10 Å². The number of hydrogen-bond donors (Lipinski definition) is 1. The van der Waals surface area contributed by atoms with Crippen molar-refractivity contribution in [3.05, 3.63) is 33.4 Å². The second kappa shape index (κ2) is 8.13. The Morgan fingerprint density at radius 3 is 2.61 bits per heavy atom. The van der Waals surface area contributed by atoms with Crippen LogP contribution in [0.2, 0.25) is 0 Å².